The molecule has 8 heterocycles. The molecule has 0 atom stereocenters. The number of fused-ring (bicyclic) bond motifs is 4. The molecule has 0 aliphatic carbocycles. The van der Waals surface area contributed by atoms with Gasteiger partial charge in [0.15, 0.2) is 0 Å². The van der Waals surface area contributed by atoms with Crippen molar-refractivity contribution in [2.75, 3.05) is 23.8 Å². The Bertz CT molecular complexity index is 3230. The number of rotatable bonds is 8. The number of anilines is 2. The summed E-state index contributed by atoms with van der Waals surface area (Å²) in [6.45, 7) is 23.4. The topological polar surface area (TPSA) is 186 Å². The molecule has 10 rings (SSSR count). The fourth-order valence-electron chi connectivity index (χ4n) is 7.41. The lowest BCUT2D eigenvalue weighted by Gasteiger charge is -2.12. The monoisotopic (exact) mass is 847 g/mol. The van der Waals surface area contributed by atoms with Crippen molar-refractivity contribution in [2.45, 2.75) is 25.9 Å². The number of aryl methyl sites for hydroxylation is 2. The van der Waals surface area contributed by atoms with Gasteiger partial charge in [-0.2, -0.15) is 19.4 Å². The van der Waals surface area contributed by atoms with Gasteiger partial charge in [-0.05, 0) is 41.5 Å². The number of carbonyl (C=O) groups excluding carboxylic acids is 2. The molecule has 2 aromatic carbocycles. The third-order valence-corrected chi connectivity index (χ3v) is 10.3. The van der Waals surface area contributed by atoms with Gasteiger partial charge >= 0.3 is 6.15 Å². The summed E-state index contributed by atoms with van der Waals surface area (Å²) in [5.41, 5.74) is 6.79. The molecule has 0 radical (unpaired) electrons. The SMILES string of the molecule is O=C=O.[C-]#[N+]c1cn2c(NCc3c(F)ccc4c3CCO4)ncc(-c3cc([N+]#[C-])nn3C)c2n1.[C-]#[N+]c1cn2c(NCc3c(F)ccc4c3CCO4)ncc(-c3ccnn3C)c2n1. The molecule has 0 saturated carbocycles. The van der Waals surface area contributed by atoms with Gasteiger partial charge in [-0.15, -0.1) is 0 Å². The summed E-state index contributed by atoms with van der Waals surface area (Å²) in [5.74, 6) is 2.45. The Kier molecular flexibility index (Phi) is 11.2. The first-order chi connectivity index (χ1) is 30.7. The molecule has 2 aliphatic rings. The van der Waals surface area contributed by atoms with Gasteiger partial charge in [-0.3, -0.25) is 13.5 Å². The van der Waals surface area contributed by atoms with Crippen molar-refractivity contribution < 1.29 is 27.8 Å². The van der Waals surface area contributed by atoms with E-state index in [0.717, 1.165) is 28.1 Å². The molecule has 21 heteroatoms. The van der Waals surface area contributed by atoms with Gasteiger partial charge in [-0.1, -0.05) is 29.7 Å². The van der Waals surface area contributed by atoms with Gasteiger partial charge in [0.05, 0.1) is 42.8 Å². The van der Waals surface area contributed by atoms with E-state index in [1.54, 1.807) is 74.4 Å². The first-order valence-electron chi connectivity index (χ1n) is 18.9. The summed E-state index contributed by atoms with van der Waals surface area (Å²) >= 11 is 0. The molecule has 0 bridgehead atoms. The number of nitrogens with one attached hydrogen (secondary N) is 2. The number of halogens is 2. The van der Waals surface area contributed by atoms with Crippen LogP contribution in [-0.4, -0.2) is 67.7 Å². The van der Waals surface area contributed by atoms with Crippen LogP contribution in [0.2, 0.25) is 0 Å². The van der Waals surface area contributed by atoms with Crippen molar-refractivity contribution in [3.63, 3.8) is 0 Å². The van der Waals surface area contributed by atoms with E-state index in [9.17, 15) is 8.78 Å². The molecule has 63 heavy (non-hydrogen) atoms. The summed E-state index contributed by atoms with van der Waals surface area (Å²) in [5, 5.41) is 14.7. The average Bonchev–Trinajstić information content (AvgIpc) is 4.15. The summed E-state index contributed by atoms with van der Waals surface area (Å²) in [7, 11) is 3.56. The predicted octanol–water partition coefficient (Wildman–Crippen LogP) is 6.70. The highest BCUT2D eigenvalue weighted by atomic mass is 19.1. The Balaban J connectivity index is 0.000000163. The molecule has 0 spiro atoms. The first kappa shape index (κ1) is 40.8. The summed E-state index contributed by atoms with van der Waals surface area (Å²) < 4.78 is 46.6. The number of benzene rings is 2. The fraction of sp³-hybridized carbons (Fsp3) is 0.190. The smallest absolute Gasteiger partial charge is 0.373 e. The first-order valence-corrected chi connectivity index (χ1v) is 18.9. The fourth-order valence-corrected chi connectivity index (χ4v) is 7.41. The van der Waals surface area contributed by atoms with E-state index < -0.39 is 0 Å². The van der Waals surface area contributed by atoms with Crippen molar-refractivity contribution >= 4 is 46.8 Å². The third-order valence-electron chi connectivity index (χ3n) is 10.3. The summed E-state index contributed by atoms with van der Waals surface area (Å²) in [6, 6.07) is 9.64. The molecule has 8 aromatic rings. The number of hydrogen-bond donors (Lipinski definition) is 2. The van der Waals surface area contributed by atoms with Gasteiger partial charge < -0.3 is 34.6 Å². The second-order valence-corrected chi connectivity index (χ2v) is 13.8. The van der Waals surface area contributed by atoms with Crippen LogP contribution in [-0.2, 0) is 49.6 Å². The van der Waals surface area contributed by atoms with E-state index in [1.165, 1.54) is 12.1 Å². The van der Waals surface area contributed by atoms with E-state index in [-0.39, 0.29) is 48.3 Å². The van der Waals surface area contributed by atoms with Crippen LogP contribution in [0.15, 0.2) is 67.4 Å². The highest BCUT2D eigenvalue weighted by Gasteiger charge is 2.24. The van der Waals surface area contributed by atoms with Crippen LogP contribution in [0.3, 0.4) is 0 Å². The minimum atomic E-state index is -0.307. The maximum atomic E-state index is 14.5. The van der Waals surface area contributed by atoms with Crippen molar-refractivity contribution in [1.29, 1.82) is 0 Å². The van der Waals surface area contributed by atoms with Crippen molar-refractivity contribution in [2.24, 2.45) is 14.1 Å². The number of hydrogen-bond acceptors (Lipinski definition) is 12. The summed E-state index contributed by atoms with van der Waals surface area (Å²) in [6.07, 6.45) is 9.76. The maximum Gasteiger partial charge on any atom is 0.373 e. The van der Waals surface area contributed by atoms with Gasteiger partial charge in [0, 0.05) is 86.2 Å². The Labute approximate surface area is 355 Å². The lowest BCUT2D eigenvalue weighted by atomic mass is 10.0. The predicted molar refractivity (Wildman–Crippen MR) is 220 cm³/mol. The van der Waals surface area contributed by atoms with Crippen LogP contribution < -0.4 is 20.1 Å². The van der Waals surface area contributed by atoms with Crippen LogP contribution in [0.1, 0.15) is 22.3 Å². The van der Waals surface area contributed by atoms with Crippen LogP contribution in [0.25, 0.3) is 48.3 Å². The second kappa shape index (κ2) is 17.3. The van der Waals surface area contributed by atoms with Gasteiger partial charge in [0.25, 0.3) is 17.5 Å². The standard InChI is InChI=1S/C21H15FN8O.C20H16FN7O.CO2/c1-23-18-8-16(29(3)28-18)14-10-26-21(30-11-19(24-2)27-20(14)30)25-9-13-12-6-7-31-17(12)5-4-15(13)22;1-22-18-11-28-19(26-18)14(16-5-7-25-27(16)2)10-24-20(28)23-9-13-12-6-8-29-17(12)4-3-15(13)21;2-1-3/h4-5,8,10-11H,6-7,9H2,3H3,(H,25,26);3-5,7,10-11H,6,8-9H2,2H3,(H,23,24);. The lowest BCUT2D eigenvalue weighted by molar-refractivity contribution is -0.191. The quantitative estimate of drug-likeness (QED) is 0.155. The van der Waals surface area contributed by atoms with Gasteiger partial charge in [0.2, 0.25) is 23.2 Å². The van der Waals surface area contributed by atoms with E-state index in [2.05, 4.69) is 55.3 Å². The van der Waals surface area contributed by atoms with Crippen molar-refractivity contribution in [3.8, 4) is 34.0 Å². The van der Waals surface area contributed by atoms with Gasteiger partial charge in [0.1, 0.15) is 23.1 Å². The Morgan fingerprint density at radius 2 is 1.21 bits per heavy atom. The molecule has 0 saturated heterocycles. The Morgan fingerprint density at radius 1 is 0.714 bits per heavy atom. The number of nitrogens with zero attached hydrogens (tertiary/aromatic N) is 13. The third kappa shape index (κ3) is 7.80. The zero-order valence-electron chi connectivity index (χ0n) is 33.3. The van der Waals surface area contributed by atoms with E-state index in [0.29, 0.717) is 77.4 Å². The van der Waals surface area contributed by atoms with Gasteiger partial charge in [-0.25, -0.2) is 18.7 Å². The molecule has 19 nitrogen and oxygen atoms in total. The van der Waals surface area contributed by atoms with E-state index in [1.807, 2.05) is 13.1 Å². The molecule has 0 amide bonds. The van der Waals surface area contributed by atoms with E-state index >= 15 is 0 Å². The zero-order valence-corrected chi connectivity index (χ0v) is 33.3. The molecule has 2 aliphatic heterocycles. The van der Waals surface area contributed by atoms with Crippen LogP contribution >= 0.6 is 0 Å². The lowest BCUT2D eigenvalue weighted by Crippen LogP contribution is -2.10. The maximum absolute atomic E-state index is 14.5. The van der Waals surface area contributed by atoms with Crippen molar-refractivity contribution in [1.82, 2.24) is 48.3 Å². The molecular formula is C42H31F2N15O4. The molecule has 0 unspecified atom stereocenters. The molecule has 6 aromatic heterocycles. The van der Waals surface area contributed by atoms with Crippen LogP contribution in [0.5, 0.6) is 11.5 Å². The number of aromatic nitrogens is 10. The zero-order chi connectivity index (χ0) is 44.2. The normalized spacial score (nSPS) is 12.0. The highest BCUT2D eigenvalue weighted by Crippen LogP contribution is 2.34. The molecular weight excluding hydrogens is 817 g/mol. The molecule has 312 valence electrons. The van der Waals surface area contributed by atoms with E-state index in [4.69, 9.17) is 38.8 Å². The Hall–Kier alpha value is -8.99. The second-order valence-electron chi connectivity index (χ2n) is 13.8. The van der Waals surface area contributed by atoms with Crippen molar-refractivity contribution in [3.05, 3.63) is 136 Å². The minimum absolute atomic E-state index is 0.199. The molecule has 0 fully saturated rings. The summed E-state index contributed by atoms with van der Waals surface area (Å²) in [4.78, 5) is 44.3. The molecule has 2 N–H and O–H groups in total. The number of ether oxygens (including phenoxy) is 2. The Morgan fingerprint density at radius 3 is 1.65 bits per heavy atom. The number of imidazole rings is 2. The van der Waals surface area contributed by atoms with Crippen LogP contribution in [0, 0.1) is 31.4 Å². The minimum Gasteiger partial charge on any atom is -0.493 e. The largest absolute Gasteiger partial charge is 0.493 e. The highest BCUT2D eigenvalue weighted by molar-refractivity contribution is 5.79. The van der Waals surface area contributed by atoms with Crippen LogP contribution in [0.4, 0.5) is 38.1 Å². The average molecular weight is 848 g/mol.